The van der Waals surface area contributed by atoms with E-state index >= 15 is 0 Å². The lowest BCUT2D eigenvalue weighted by Gasteiger charge is -2.32. The average molecular weight is 212 g/mol. The van der Waals surface area contributed by atoms with E-state index in [4.69, 9.17) is 18.8 Å². The van der Waals surface area contributed by atoms with Crippen LogP contribution in [0.1, 0.15) is 27.7 Å². The zero-order valence-corrected chi connectivity index (χ0v) is 9.70. The summed E-state index contributed by atoms with van der Waals surface area (Å²) in [5, 5.41) is 0. The standard InChI is InChI=1S/C10H17BO4/c1-9(2)10(3,4)15-11(14-9)8-5-6-12-7-13-8/h5H,6-7H2,1-4H3. The topological polar surface area (TPSA) is 36.9 Å². The summed E-state index contributed by atoms with van der Waals surface area (Å²) in [4.78, 5) is 0. The van der Waals surface area contributed by atoms with Crippen molar-refractivity contribution in [3.63, 3.8) is 0 Å². The van der Waals surface area contributed by atoms with Gasteiger partial charge in [-0.3, -0.25) is 0 Å². The van der Waals surface area contributed by atoms with Gasteiger partial charge in [0.1, 0.15) is 5.66 Å². The van der Waals surface area contributed by atoms with Gasteiger partial charge in [-0.15, -0.1) is 0 Å². The van der Waals surface area contributed by atoms with Crippen molar-refractivity contribution in [3.05, 3.63) is 11.7 Å². The molecule has 0 aromatic heterocycles. The average Bonchev–Trinajstić information content (AvgIpc) is 2.38. The van der Waals surface area contributed by atoms with Crippen LogP contribution in [0.5, 0.6) is 0 Å². The predicted molar refractivity (Wildman–Crippen MR) is 56.1 cm³/mol. The molecule has 2 aliphatic heterocycles. The third kappa shape index (κ3) is 1.91. The lowest BCUT2D eigenvalue weighted by Crippen LogP contribution is -2.41. The molecule has 0 aromatic rings. The Morgan fingerprint density at radius 1 is 1.13 bits per heavy atom. The molecule has 0 radical (unpaired) electrons. The summed E-state index contributed by atoms with van der Waals surface area (Å²) in [5.41, 5.74) is 0.0836. The van der Waals surface area contributed by atoms with E-state index in [-0.39, 0.29) is 18.0 Å². The third-order valence-electron chi connectivity index (χ3n) is 3.20. The Balaban J connectivity index is 2.12. The van der Waals surface area contributed by atoms with Gasteiger partial charge in [0.05, 0.1) is 17.8 Å². The van der Waals surface area contributed by atoms with Gasteiger partial charge in [0.25, 0.3) is 0 Å². The summed E-state index contributed by atoms with van der Waals surface area (Å²) in [6.45, 7) is 8.91. The summed E-state index contributed by atoms with van der Waals surface area (Å²) in [7, 11) is -0.404. The van der Waals surface area contributed by atoms with Crippen LogP contribution in [-0.2, 0) is 18.8 Å². The minimum atomic E-state index is -0.404. The Bertz CT molecular complexity index is 269. The molecule has 0 aliphatic carbocycles. The van der Waals surface area contributed by atoms with Crippen LogP contribution in [0.2, 0.25) is 0 Å². The van der Waals surface area contributed by atoms with Crippen molar-refractivity contribution in [2.75, 3.05) is 13.4 Å². The fraction of sp³-hybridized carbons (Fsp3) is 0.800. The van der Waals surface area contributed by atoms with Gasteiger partial charge in [-0.2, -0.15) is 0 Å². The largest absolute Gasteiger partial charge is 0.531 e. The molecule has 4 nitrogen and oxygen atoms in total. The highest BCUT2D eigenvalue weighted by Gasteiger charge is 2.53. The minimum Gasteiger partial charge on any atom is -0.476 e. The van der Waals surface area contributed by atoms with E-state index in [1.807, 2.05) is 33.8 Å². The van der Waals surface area contributed by atoms with Gasteiger partial charge in [-0.05, 0) is 33.8 Å². The quantitative estimate of drug-likeness (QED) is 0.617. The fourth-order valence-electron chi connectivity index (χ4n) is 1.48. The molecule has 0 aromatic carbocycles. The van der Waals surface area contributed by atoms with Gasteiger partial charge in [-0.25, -0.2) is 0 Å². The van der Waals surface area contributed by atoms with Crippen LogP contribution in [0.25, 0.3) is 0 Å². The van der Waals surface area contributed by atoms with Gasteiger partial charge in [0.15, 0.2) is 6.79 Å². The molecule has 0 unspecified atom stereocenters. The van der Waals surface area contributed by atoms with Crippen molar-refractivity contribution < 1.29 is 18.8 Å². The molecule has 0 spiro atoms. The number of hydrogen-bond acceptors (Lipinski definition) is 4. The number of hydrogen-bond donors (Lipinski definition) is 0. The van der Waals surface area contributed by atoms with E-state index in [1.165, 1.54) is 0 Å². The molecule has 2 aliphatic rings. The van der Waals surface area contributed by atoms with Crippen molar-refractivity contribution in [2.24, 2.45) is 0 Å². The zero-order chi connectivity index (χ0) is 11.1. The van der Waals surface area contributed by atoms with Crippen LogP contribution in [-0.4, -0.2) is 31.7 Å². The van der Waals surface area contributed by atoms with Gasteiger partial charge < -0.3 is 18.8 Å². The predicted octanol–water partition coefficient (Wildman–Crippen LogP) is 1.51. The van der Waals surface area contributed by atoms with Crippen molar-refractivity contribution in [3.8, 4) is 0 Å². The molecule has 0 saturated carbocycles. The molecule has 2 heterocycles. The first-order valence-corrected chi connectivity index (χ1v) is 5.19. The van der Waals surface area contributed by atoms with Crippen molar-refractivity contribution in [1.29, 1.82) is 0 Å². The van der Waals surface area contributed by atoms with E-state index in [1.54, 1.807) is 0 Å². The highest BCUT2D eigenvalue weighted by Crippen LogP contribution is 2.38. The summed E-state index contributed by atoms with van der Waals surface area (Å²) in [6.07, 6.45) is 1.85. The van der Waals surface area contributed by atoms with Crippen LogP contribution in [0.4, 0.5) is 0 Å². The molecule has 84 valence electrons. The van der Waals surface area contributed by atoms with Crippen LogP contribution in [0, 0.1) is 0 Å². The van der Waals surface area contributed by atoms with Crippen molar-refractivity contribution in [1.82, 2.24) is 0 Å². The second kappa shape index (κ2) is 3.51. The Hall–Kier alpha value is -0.515. The van der Waals surface area contributed by atoms with Gasteiger partial charge in [-0.1, -0.05) is 0 Å². The molecule has 0 bridgehead atoms. The van der Waals surface area contributed by atoms with E-state index in [0.717, 1.165) is 5.66 Å². The summed E-state index contributed by atoms with van der Waals surface area (Å²) in [5.74, 6) is 0. The second-order valence-electron chi connectivity index (χ2n) is 4.83. The zero-order valence-electron chi connectivity index (χ0n) is 9.70. The van der Waals surface area contributed by atoms with Gasteiger partial charge in [0.2, 0.25) is 0 Å². The fourth-order valence-corrected chi connectivity index (χ4v) is 1.48. The Labute approximate surface area is 90.7 Å². The second-order valence-corrected chi connectivity index (χ2v) is 4.83. The molecule has 0 N–H and O–H groups in total. The first kappa shape index (κ1) is 11.0. The van der Waals surface area contributed by atoms with E-state index < -0.39 is 7.12 Å². The minimum absolute atomic E-state index is 0.274. The Morgan fingerprint density at radius 2 is 1.73 bits per heavy atom. The molecule has 2 rings (SSSR count). The molecule has 5 heteroatoms. The molecule has 1 saturated heterocycles. The molecular weight excluding hydrogens is 195 g/mol. The van der Waals surface area contributed by atoms with Crippen LogP contribution < -0.4 is 0 Å². The smallest absolute Gasteiger partial charge is 0.476 e. The first-order chi connectivity index (χ1) is 6.92. The number of rotatable bonds is 1. The number of ether oxygens (including phenoxy) is 2. The third-order valence-corrected chi connectivity index (χ3v) is 3.20. The van der Waals surface area contributed by atoms with Crippen molar-refractivity contribution >= 4 is 7.12 Å². The summed E-state index contributed by atoms with van der Waals surface area (Å²) < 4.78 is 22.1. The molecule has 15 heavy (non-hydrogen) atoms. The molecule has 0 atom stereocenters. The Morgan fingerprint density at radius 3 is 2.20 bits per heavy atom. The maximum absolute atomic E-state index is 5.83. The summed E-state index contributed by atoms with van der Waals surface area (Å²) in [6, 6.07) is 0. The van der Waals surface area contributed by atoms with Crippen LogP contribution in [0.3, 0.4) is 0 Å². The molecule has 1 fully saturated rings. The van der Waals surface area contributed by atoms with Crippen LogP contribution >= 0.6 is 0 Å². The van der Waals surface area contributed by atoms with Gasteiger partial charge >= 0.3 is 7.12 Å². The lowest BCUT2D eigenvalue weighted by atomic mass is 9.86. The van der Waals surface area contributed by atoms with Crippen LogP contribution in [0.15, 0.2) is 11.7 Å². The normalized spacial score (nSPS) is 28.5. The maximum Gasteiger partial charge on any atom is 0.531 e. The highest BCUT2D eigenvalue weighted by atomic mass is 16.7. The maximum atomic E-state index is 5.83. The lowest BCUT2D eigenvalue weighted by molar-refractivity contribution is -0.0259. The van der Waals surface area contributed by atoms with E-state index in [9.17, 15) is 0 Å². The highest BCUT2D eigenvalue weighted by molar-refractivity contribution is 6.53. The van der Waals surface area contributed by atoms with E-state index in [2.05, 4.69) is 0 Å². The van der Waals surface area contributed by atoms with E-state index in [0.29, 0.717) is 6.61 Å². The van der Waals surface area contributed by atoms with Crippen molar-refractivity contribution in [2.45, 2.75) is 38.9 Å². The molecule has 0 amide bonds. The monoisotopic (exact) mass is 212 g/mol. The SMILES string of the molecule is CC1(C)OB(C2=CCOCO2)OC1(C)C. The first-order valence-electron chi connectivity index (χ1n) is 5.19. The van der Waals surface area contributed by atoms with Gasteiger partial charge in [0, 0.05) is 0 Å². The molecular formula is C10H17BO4. The summed E-state index contributed by atoms with van der Waals surface area (Å²) >= 11 is 0. The Kier molecular flexibility index (Phi) is 2.57.